The third kappa shape index (κ3) is 0.971. The zero-order valence-corrected chi connectivity index (χ0v) is 11.1. The first-order valence-corrected chi connectivity index (χ1v) is 6.72. The van der Waals surface area contributed by atoms with E-state index in [4.69, 9.17) is 0 Å². The third-order valence-corrected chi connectivity index (χ3v) is 6.17. The van der Waals surface area contributed by atoms with Crippen molar-refractivity contribution in [3.05, 3.63) is 11.1 Å². The van der Waals surface area contributed by atoms with E-state index in [9.17, 15) is 5.11 Å². The van der Waals surface area contributed by atoms with Crippen LogP contribution < -0.4 is 0 Å². The molecule has 0 aromatic rings. The van der Waals surface area contributed by atoms with Crippen LogP contribution in [0.25, 0.3) is 0 Å². The van der Waals surface area contributed by atoms with Crippen LogP contribution in [0.15, 0.2) is 11.1 Å². The first-order chi connectivity index (χ1) is 7.34. The van der Waals surface area contributed by atoms with Crippen LogP contribution in [0.5, 0.6) is 0 Å². The van der Waals surface area contributed by atoms with Gasteiger partial charge in [-0.1, -0.05) is 32.8 Å². The van der Waals surface area contributed by atoms with Gasteiger partial charge in [-0.05, 0) is 49.0 Å². The van der Waals surface area contributed by atoms with Crippen molar-refractivity contribution in [2.24, 2.45) is 16.2 Å². The minimum Gasteiger partial charge on any atom is -0.389 e. The monoisotopic (exact) mass is 220 g/mol. The van der Waals surface area contributed by atoms with E-state index < -0.39 is 0 Å². The van der Waals surface area contributed by atoms with Crippen molar-refractivity contribution in [1.82, 2.24) is 0 Å². The normalized spacial score (nSPS) is 49.7. The second-order valence-corrected chi connectivity index (χ2v) is 7.26. The van der Waals surface area contributed by atoms with Crippen molar-refractivity contribution in [2.45, 2.75) is 65.9 Å². The maximum absolute atomic E-state index is 10.2. The number of rotatable bonds is 0. The Hall–Kier alpha value is -0.300. The van der Waals surface area contributed by atoms with E-state index in [0.29, 0.717) is 16.2 Å². The summed E-state index contributed by atoms with van der Waals surface area (Å²) in [6.07, 6.45) is 6.10. The van der Waals surface area contributed by atoms with Crippen molar-refractivity contribution in [2.75, 3.05) is 0 Å². The molecule has 3 atom stereocenters. The Bertz CT molecular complexity index is 379. The van der Waals surface area contributed by atoms with E-state index in [1.54, 1.807) is 5.57 Å². The molecule has 0 heterocycles. The molecule has 1 heteroatoms. The average molecular weight is 220 g/mol. The molecule has 3 aliphatic carbocycles. The summed E-state index contributed by atoms with van der Waals surface area (Å²) < 4.78 is 0. The smallest absolute Gasteiger partial charge is 0.0755 e. The van der Waals surface area contributed by atoms with Gasteiger partial charge in [0.1, 0.15) is 0 Å². The molecule has 16 heavy (non-hydrogen) atoms. The number of hydrogen-bond acceptors (Lipinski definition) is 1. The van der Waals surface area contributed by atoms with Gasteiger partial charge in [0.05, 0.1) is 6.10 Å². The average Bonchev–Trinajstić information content (AvgIpc) is 2.89. The van der Waals surface area contributed by atoms with Crippen LogP contribution in [0.2, 0.25) is 0 Å². The van der Waals surface area contributed by atoms with Gasteiger partial charge in [0.25, 0.3) is 0 Å². The minimum atomic E-state index is -0.162. The van der Waals surface area contributed by atoms with E-state index in [2.05, 4.69) is 27.7 Å². The van der Waals surface area contributed by atoms with Crippen LogP contribution in [0.1, 0.15) is 59.8 Å². The number of aliphatic hydroxyl groups is 1. The van der Waals surface area contributed by atoms with Crippen LogP contribution >= 0.6 is 0 Å². The van der Waals surface area contributed by atoms with Crippen molar-refractivity contribution in [1.29, 1.82) is 0 Å². The van der Waals surface area contributed by atoms with Gasteiger partial charge in [-0.25, -0.2) is 0 Å². The Balaban J connectivity index is 2.15. The molecular weight excluding hydrogens is 196 g/mol. The lowest BCUT2D eigenvalue weighted by Crippen LogP contribution is -2.48. The molecule has 1 nitrogen and oxygen atoms in total. The van der Waals surface area contributed by atoms with E-state index in [1.165, 1.54) is 31.3 Å². The minimum absolute atomic E-state index is 0.162. The van der Waals surface area contributed by atoms with Crippen LogP contribution in [0.4, 0.5) is 0 Å². The first-order valence-electron chi connectivity index (χ1n) is 6.72. The van der Waals surface area contributed by atoms with Crippen LogP contribution in [0.3, 0.4) is 0 Å². The highest BCUT2D eigenvalue weighted by Gasteiger charge is 2.71. The fourth-order valence-corrected chi connectivity index (χ4v) is 5.14. The summed E-state index contributed by atoms with van der Waals surface area (Å²) in [7, 11) is 0. The van der Waals surface area contributed by atoms with Crippen LogP contribution in [0, 0.1) is 16.2 Å². The number of allylic oxidation sites excluding steroid dienone is 1. The number of aliphatic hydroxyl groups excluding tert-OH is 1. The second-order valence-electron chi connectivity index (χ2n) is 7.26. The Morgan fingerprint density at radius 3 is 2.56 bits per heavy atom. The lowest BCUT2D eigenvalue weighted by Gasteiger charge is -2.54. The van der Waals surface area contributed by atoms with E-state index in [1.807, 2.05) is 0 Å². The van der Waals surface area contributed by atoms with Crippen molar-refractivity contribution in [3.63, 3.8) is 0 Å². The summed E-state index contributed by atoms with van der Waals surface area (Å²) in [5.74, 6) is 0. The van der Waals surface area contributed by atoms with Gasteiger partial charge in [0.2, 0.25) is 0 Å². The molecule has 0 amide bonds. The molecule has 0 bridgehead atoms. The van der Waals surface area contributed by atoms with Crippen molar-refractivity contribution >= 4 is 0 Å². The maximum atomic E-state index is 10.2. The molecule has 0 radical (unpaired) electrons. The van der Waals surface area contributed by atoms with E-state index in [-0.39, 0.29) is 6.10 Å². The highest BCUT2D eigenvalue weighted by molar-refractivity contribution is 5.47. The van der Waals surface area contributed by atoms with Crippen molar-refractivity contribution in [3.8, 4) is 0 Å². The molecule has 1 spiro atoms. The summed E-state index contributed by atoms with van der Waals surface area (Å²) in [6, 6.07) is 0. The zero-order valence-electron chi connectivity index (χ0n) is 11.1. The first kappa shape index (κ1) is 10.8. The van der Waals surface area contributed by atoms with Gasteiger partial charge in [-0.15, -0.1) is 0 Å². The summed E-state index contributed by atoms with van der Waals surface area (Å²) in [5, 5.41) is 10.2. The largest absolute Gasteiger partial charge is 0.389 e. The van der Waals surface area contributed by atoms with Crippen LogP contribution in [-0.2, 0) is 0 Å². The quantitative estimate of drug-likeness (QED) is 0.617. The third-order valence-electron chi connectivity index (χ3n) is 6.17. The van der Waals surface area contributed by atoms with Gasteiger partial charge in [0, 0.05) is 5.41 Å². The molecule has 0 aliphatic heterocycles. The summed E-state index contributed by atoms with van der Waals surface area (Å²) >= 11 is 0. The molecular formula is C15H24O. The second kappa shape index (κ2) is 2.75. The Labute approximate surface area is 98.9 Å². The van der Waals surface area contributed by atoms with Crippen molar-refractivity contribution < 1.29 is 5.11 Å². The Morgan fingerprint density at radius 1 is 1.19 bits per heavy atom. The van der Waals surface area contributed by atoms with Gasteiger partial charge in [-0.2, -0.15) is 0 Å². The SMILES string of the molecule is CC1=C2C[C@@]23C(C)(C)CCC[C@@]3(C)C[C@@H]1O. The predicted molar refractivity (Wildman–Crippen MR) is 66.1 cm³/mol. The summed E-state index contributed by atoms with van der Waals surface area (Å²) in [5.41, 5.74) is 4.16. The molecule has 0 aromatic heterocycles. The highest BCUT2D eigenvalue weighted by atomic mass is 16.3. The molecule has 3 rings (SSSR count). The highest BCUT2D eigenvalue weighted by Crippen LogP contribution is 2.79. The molecule has 1 N–H and O–H groups in total. The summed E-state index contributed by atoms with van der Waals surface area (Å²) in [4.78, 5) is 0. The molecule has 0 aromatic carbocycles. The number of hydrogen-bond donors (Lipinski definition) is 1. The maximum Gasteiger partial charge on any atom is 0.0755 e. The lowest BCUT2D eigenvalue weighted by molar-refractivity contribution is -0.0460. The Kier molecular flexibility index (Phi) is 1.86. The molecule has 0 unspecified atom stereocenters. The fourth-order valence-electron chi connectivity index (χ4n) is 5.14. The van der Waals surface area contributed by atoms with Crippen LogP contribution in [-0.4, -0.2) is 11.2 Å². The Morgan fingerprint density at radius 2 is 1.88 bits per heavy atom. The lowest BCUT2D eigenvalue weighted by atomic mass is 9.50. The van der Waals surface area contributed by atoms with E-state index in [0.717, 1.165) is 6.42 Å². The van der Waals surface area contributed by atoms with Gasteiger partial charge in [0.15, 0.2) is 0 Å². The molecule has 2 saturated carbocycles. The predicted octanol–water partition coefficient (Wildman–Crippen LogP) is 3.67. The van der Waals surface area contributed by atoms with Gasteiger partial charge in [-0.3, -0.25) is 0 Å². The fraction of sp³-hybridized carbons (Fsp3) is 0.867. The zero-order chi connectivity index (χ0) is 11.8. The molecule has 3 aliphatic rings. The van der Waals surface area contributed by atoms with Gasteiger partial charge >= 0.3 is 0 Å². The molecule has 0 saturated heterocycles. The topological polar surface area (TPSA) is 20.2 Å². The summed E-state index contributed by atoms with van der Waals surface area (Å²) in [6.45, 7) is 9.47. The standard InChI is InChI=1S/C15H24O/c1-10-11-8-15(11)13(2,3)6-5-7-14(15,4)9-12(10)16/h12,16H,5-9H2,1-4H3/t12-,14-,15-/m0/s1. The van der Waals surface area contributed by atoms with E-state index >= 15 is 0 Å². The molecule has 2 fully saturated rings. The van der Waals surface area contributed by atoms with Gasteiger partial charge < -0.3 is 5.11 Å². The molecule has 90 valence electrons.